The van der Waals surface area contributed by atoms with Crippen molar-refractivity contribution in [3.63, 3.8) is 0 Å². The molecule has 1 amide bonds. The summed E-state index contributed by atoms with van der Waals surface area (Å²) in [5, 5.41) is 0. The molecule has 0 saturated carbocycles. The van der Waals surface area contributed by atoms with Crippen molar-refractivity contribution in [1.82, 2.24) is 4.90 Å². The summed E-state index contributed by atoms with van der Waals surface area (Å²) in [4.78, 5) is 13.6. The second-order valence-electron chi connectivity index (χ2n) is 4.76. The van der Waals surface area contributed by atoms with Crippen molar-refractivity contribution in [3.8, 4) is 5.75 Å². The summed E-state index contributed by atoms with van der Waals surface area (Å²) in [5.41, 5.74) is 0. The van der Waals surface area contributed by atoms with E-state index in [-0.39, 0.29) is 23.2 Å². The monoisotopic (exact) mass is 395 g/mol. The topological polar surface area (TPSA) is 63.7 Å². The van der Waals surface area contributed by atoms with Crippen LogP contribution in [0, 0.1) is 0 Å². The minimum Gasteiger partial charge on any atom is -0.482 e. The molecule has 5 nitrogen and oxygen atoms in total. The second kappa shape index (κ2) is 6.98. The van der Waals surface area contributed by atoms with Crippen LogP contribution in [0.5, 0.6) is 5.75 Å². The number of amides is 1. The summed E-state index contributed by atoms with van der Waals surface area (Å²) < 4.78 is 29.0. The fourth-order valence-corrected chi connectivity index (χ4v) is 3.68. The molecule has 0 atom stereocenters. The highest BCUT2D eigenvalue weighted by molar-refractivity contribution is 9.10. The van der Waals surface area contributed by atoms with Crippen LogP contribution in [0.4, 0.5) is 0 Å². The summed E-state index contributed by atoms with van der Waals surface area (Å²) >= 11 is 3.18. The van der Waals surface area contributed by atoms with Gasteiger partial charge in [0.1, 0.15) is 10.6 Å². The van der Waals surface area contributed by atoms with E-state index in [1.807, 2.05) is 0 Å². The Morgan fingerprint density at radius 3 is 2.57 bits per heavy atom. The Morgan fingerprint density at radius 2 is 1.95 bits per heavy atom. The molecule has 116 valence electrons. The fourth-order valence-electron chi connectivity index (χ4n) is 2.17. The van der Waals surface area contributed by atoms with Crippen molar-refractivity contribution in [1.29, 1.82) is 0 Å². The molecule has 1 saturated heterocycles. The standard InChI is InChI=1S/C13H15BrClNO4S/c14-10-4-5-11(12(8-10)21(15,18)19)20-9-13(17)16-6-2-1-3-7-16/h4-5,8H,1-3,6-7,9H2. The van der Waals surface area contributed by atoms with E-state index >= 15 is 0 Å². The van der Waals surface area contributed by atoms with Gasteiger partial charge in [0.05, 0.1) is 0 Å². The summed E-state index contributed by atoms with van der Waals surface area (Å²) in [5.74, 6) is -0.0610. The second-order valence-corrected chi connectivity index (χ2v) is 8.21. The van der Waals surface area contributed by atoms with Crippen LogP contribution in [0.15, 0.2) is 27.6 Å². The molecule has 1 aromatic rings. The SMILES string of the molecule is O=C(COc1ccc(Br)cc1S(=O)(=O)Cl)N1CCCCC1. The molecular formula is C13H15BrClNO4S. The number of carbonyl (C=O) groups excluding carboxylic acids is 1. The van der Waals surface area contributed by atoms with Gasteiger partial charge in [0.15, 0.2) is 6.61 Å². The lowest BCUT2D eigenvalue weighted by Crippen LogP contribution is -2.38. The number of ether oxygens (including phenoxy) is 1. The number of benzene rings is 1. The van der Waals surface area contributed by atoms with Gasteiger partial charge in [-0.2, -0.15) is 0 Å². The van der Waals surface area contributed by atoms with E-state index < -0.39 is 9.05 Å². The lowest BCUT2D eigenvalue weighted by Gasteiger charge is -2.26. The van der Waals surface area contributed by atoms with Gasteiger partial charge in [0.2, 0.25) is 0 Å². The van der Waals surface area contributed by atoms with Gasteiger partial charge in [0, 0.05) is 28.2 Å². The van der Waals surface area contributed by atoms with Gasteiger partial charge >= 0.3 is 0 Å². The summed E-state index contributed by atoms with van der Waals surface area (Å²) in [6.45, 7) is 1.26. The minimum atomic E-state index is -3.94. The zero-order valence-corrected chi connectivity index (χ0v) is 14.4. The maximum Gasteiger partial charge on any atom is 0.265 e. The third-order valence-electron chi connectivity index (χ3n) is 3.23. The highest BCUT2D eigenvalue weighted by Crippen LogP contribution is 2.30. The Morgan fingerprint density at radius 1 is 1.29 bits per heavy atom. The quantitative estimate of drug-likeness (QED) is 0.734. The van der Waals surface area contributed by atoms with E-state index in [9.17, 15) is 13.2 Å². The predicted molar refractivity (Wildman–Crippen MR) is 83.1 cm³/mol. The molecule has 0 N–H and O–H groups in total. The highest BCUT2D eigenvalue weighted by atomic mass is 79.9. The molecule has 1 heterocycles. The average molecular weight is 397 g/mol. The van der Waals surface area contributed by atoms with E-state index in [4.69, 9.17) is 15.4 Å². The van der Waals surface area contributed by atoms with Gasteiger partial charge in [-0.1, -0.05) is 15.9 Å². The van der Waals surface area contributed by atoms with Crippen LogP contribution in [0.2, 0.25) is 0 Å². The van der Waals surface area contributed by atoms with E-state index in [1.54, 1.807) is 11.0 Å². The molecule has 21 heavy (non-hydrogen) atoms. The first-order valence-corrected chi connectivity index (χ1v) is 9.63. The number of halogens is 2. The maximum atomic E-state index is 12.0. The minimum absolute atomic E-state index is 0.0820. The largest absolute Gasteiger partial charge is 0.482 e. The summed E-state index contributed by atoms with van der Waals surface area (Å²) in [6.07, 6.45) is 3.11. The van der Waals surface area contributed by atoms with Crippen molar-refractivity contribution in [2.24, 2.45) is 0 Å². The Labute approximate surface area is 136 Å². The first-order valence-electron chi connectivity index (χ1n) is 6.53. The molecule has 0 spiro atoms. The molecule has 0 aliphatic carbocycles. The highest BCUT2D eigenvalue weighted by Gasteiger charge is 2.20. The van der Waals surface area contributed by atoms with E-state index in [0.29, 0.717) is 4.47 Å². The fraction of sp³-hybridized carbons (Fsp3) is 0.462. The van der Waals surface area contributed by atoms with Gasteiger partial charge in [0.25, 0.3) is 15.0 Å². The van der Waals surface area contributed by atoms with Crippen molar-refractivity contribution in [2.45, 2.75) is 24.2 Å². The molecule has 1 aliphatic heterocycles. The molecule has 0 bridgehead atoms. The molecule has 2 rings (SSSR count). The lowest BCUT2D eigenvalue weighted by atomic mass is 10.1. The van der Waals surface area contributed by atoms with Gasteiger partial charge in [-0.05, 0) is 37.5 Å². The van der Waals surface area contributed by atoms with Crippen molar-refractivity contribution in [3.05, 3.63) is 22.7 Å². The smallest absolute Gasteiger partial charge is 0.265 e. The molecule has 0 radical (unpaired) electrons. The number of carbonyl (C=O) groups is 1. The zero-order valence-electron chi connectivity index (χ0n) is 11.2. The third kappa shape index (κ3) is 4.59. The molecule has 8 heteroatoms. The van der Waals surface area contributed by atoms with Gasteiger partial charge in [-0.3, -0.25) is 4.79 Å². The lowest BCUT2D eigenvalue weighted by molar-refractivity contribution is -0.134. The zero-order chi connectivity index (χ0) is 15.5. The van der Waals surface area contributed by atoms with E-state index in [0.717, 1.165) is 32.4 Å². The van der Waals surface area contributed by atoms with Gasteiger partial charge in [-0.15, -0.1) is 0 Å². The number of rotatable bonds is 4. The molecular weight excluding hydrogens is 382 g/mol. The van der Waals surface area contributed by atoms with Crippen LogP contribution in [0.3, 0.4) is 0 Å². The van der Waals surface area contributed by atoms with Crippen molar-refractivity contribution in [2.75, 3.05) is 19.7 Å². The third-order valence-corrected chi connectivity index (χ3v) is 5.06. The first-order chi connectivity index (χ1) is 9.88. The molecule has 0 aromatic heterocycles. The van der Waals surface area contributed by atoms with Crippen molar-refractivity contribution < 1.29 is 17.9 Å². The summed E-state index contributed by atoms with van der Waals surface area (Å²) in [6, 6.07) is 4.46. The number of nitrogens with zero attached hydrogens (tertiary/aromatic N) is 1. The first kappa shape index (κ1) is 16.6. The number of likely N-dealkylation sites (tertiary alicyclic amines) is 1. The number of hydrogen-bond donors (Lipinski definition) is 0. The van der Waals surface area contributed by atoms with E-state index in [2.05, 4.69) is 15.9 Å². The maximum absolute atomic E-state index is 12.0. The normalized spacial score (nSPS) is 15.8. The van der Waals surface area contributed by atoms with Crippen LogP contribution in [-0.4, -0.2) is 38.9 Å². The van der Waals surface area contributed by atoms with Gasteiger partial charge in [-0.25, -0.2) is 8.42 Å². The number of piperidine rings is 1. The Kier molecular flexibility index (Phi) is 5.51. The van der Waals surface area contributed by atoms with Crippen molar-refractivity contribution >= 4 is 41.6 Å². The van der Waals surface area contributed by atoms with Gasteiger partial charge < -0.3 is 9.64 Å². The Hall–Kier alpha value is -0.790. The predicted octanol–water partition coefficient (Wildman–Crippen LogP) is 2.77. The average Bonchev–Trinajstić information content (AvgIpc) is 2.45. The Bertz CT molecular complexity index is 629. The van der Waals surface area contributed by atoms with Crippen LogP contribution in [0.1, 0.15) is 19.3 Å². The van der Waals surface area contributed by atoms with Crippen LogP contribution in [-0.2, 0) is 13.8 Å². The van der Waals surface area contributed by atoms with E-state index in [1.165, 1.54) is 12.1 Å². The van der Waals surface area contributed by atoms with Crippen LogP contribution < -0.4 is 4.74 Å². The van der Waals surface area contributed by atoms with Crippen LogP contribution in [0.25, 0.3) is 0 Å². The molecule has 1 aliphatic rings. The molecule has 0 unspecified atom stereocenters. The van der Waals surface area contributed by atoms with Crippen LogP contribution >= 0.6 is 26.6 Å². The number of hydrogen-bond acceptors (Lipinski definition) is 4. The Balaban J connectivity index is 2.08. The molecule has 1 aromatic carbocycles. The molecule has 1 fully saturated rings. The summed E-state index contributed by atoms with van der Waals surface area (Å²) in [7, 11) is 1.44.